The summed E-state index contributed by atoms with van der Waals surface area (Å²) in [6.07, 6.45) is -3.30. The molecule has 2 aliphatic heterocycles. The number of hydrogen-bond acceptors (Lipinski definition) is 6. The number of carboxylic acid groups (broad SMARTS) is 1. The minimum atomic E-state index is -5.08. The topological polar surface area (TPSA) is 108 Å². The Morgan fingerprint density at radius 1 is 1.37 bits per heavy atom. The maximum atomic E-state index is 11.2. The van der Waals surface area contributed by atoms with Crippen molar-refractivity contribution in [1.82, 2.24) is 10.2 Å². The number of carboxylic acids is 1. The third-order valence-electron chi connectivity index (χ3n) is 4.15. The Hall–Kier alpha value is -1.43. The maximum absolute atomic E-state index is 11.2. The molecule has 2 aliphatic rings. The normalized spacial score (nSPS) is 26.0. The van der Waals surface area contributed by atoms with Crippen molar-refractivity contribution in [2.45, 2.75) is 50.2 Å². The van der Waals surface area contributed by atoms with Gasteiger partial charge in [-0.05, 0) is 20.3 Å². The van der Waals surface area contributed by atoms with E-state index < -0.39 is 17.7 Å². The van der Waals surface area contributed by atoms with Crippen LogP contribution in [0, 0.1) is 0 Å². The number of likely N-dealkylation sites (N-methyl/N-ethyl adjacent to an activating group) is 1. The van der Waals surface area contributed by atoms with Gasteiger partial charge in [0.15, 0.2) is 0 Å². The van der Waals surface area contributed by atoms with E-state index in [0.29, 0.717) is 13.2 Å². The van der Waals surface area contributed by atoms with Crippen LogP contribution < -0.4 is 5.32 Å². The quantitative estimate of drug-likeness (QED) is 0.613. The van der Waals surface area contributed by atoms with E-state index >= 15 is 0 Å². The molecule has 2 rings (SSSR count). The van der Waals surface area contributed by atoms with E-state index in [4.69, 9.17) is 19.4 Å². The smallest absolute Gasteiger partial charge is 0.475 e. The molecule has 11 heteroatoms. The molecule has 2 heterocycles. The maximum Gasteiger partial charge on any atom is 0.490 e. The SMILES string of the molecule is CNC(=O)COC1COC2(CCN(CC(C)(C)O)C2)C1.O=C(O)C(F)(F)F. The summed E-state index contributed by atoms with van der Waals surface area (Å²) in [4.78, 5) is 22.3. The van der Waals surface area contributed by atoms with Crippen LogP contribution in [-0.2, 0) is 19.1 Å². The first-order chi connectivity index (χ1) is 12.3. The lowest BCUT2D eigenvalue weighted by Gasteiger charge is -2.27. The number of aliphatic hydroxyl groups is 1. The fourth-order valence-electron chi connectivity index (χ4n) is 3.07. The van der Waals surface area contributed by atoms with Gasteiger partial charge in [0.05, 0.1) is 23.9 Å². The lowest BCUT2D eigenvalue weighted by atomic mass is 9.98. The summed E-state index contributed by atoms with van der Waals surface area (Å²) in [6, 6.07) is 0. The molecule has 0 aromatic rings. The number of aliphatic carboxylic acids is 1. The second-order valence-electron chi connectivity index (χ2n) is 7.38. The standard InChI is InChI=1S/C14H26N2O4.C2HF3O2/c1-13(2,18)9-16-5-4-14(10-16)6-11(7-20-14)19-8-12(17)15-3;3-2(4,5)1(6)7/h11,18H,4-10H2,1-3H3,(H,15,17);(H,6,7). The monoisotopic (exact) mass is 400 g/mol. The highest BCUT2D eigenvalue weighted by molar-refractivity contribution is 5.76. The van der Waals surface area contributed by atoms with Crippen molar-refractivity contribution in [1.29, 1.82) is 0 Å². The van der Waals surface area contributed by atoms with Crippen molar-refractivity contribution >= 4 is 11.9 Å². The molecule has 0 radical (unpaired) electrons. The van der Waals surface area contributed by atoms with Gasteiger partial charge in [-0.1, -0.05) is 0 Å². The van der Waals surface area contributed by atoms with Crippen LogP contribution in [0.5, 0.6) is 0 Å². The van der Waals surface area contributed by atoms with E-state index in [1.165, 1.54) is 0 Å². The Balaban J connectivity index is 0.000000445. The Bertz CT molecular complexity index is 523. The number of ether oxygens (including phenoxy) is 2. The molecule has 1 spiro atoms. The number of carbonyl (C=O) groups excluding carboxylic acids is 1. The molecule has 2 atom stereocenters. The molecule has 3 N–H and O–H groups in total. The molecule has 0 aromatic heterocycles. The zero-order valence-electron chi connectivity index (χ0n) is 15.6. The zero-order chi connectivity index (χ0) is 20.9. The number of likely N-dealkylation sites (tertiary alicyclic amines) is 1. The molecule has 0 saturated carbocycles. The first-order valence-electron chi connectivity index (χ1n) is 8.47. The molecule has 0 bridgehead atoms. The summed E-state index contributed by atoms with van der Waals surface area (Å²) in [5.74, 6) is -2.87. The summed E-state index contributed by atoms with van der Waals surface area (Å²) < 4.78 is 43.3. The minimum Gasteiger partial charge on any atom is -0.475 e. The van der Waals surface area contributed by atoms with Gasteiger partial charge >= 0.3 is 12.1 Å². The van der Waals surface area contributed by atoms with Crippen molar-refractivity contribution in [3.63, 3.8) is 0 Å². The summed E-state index contributed by atoms with van der Waals surface area (Å²) in [5.41, 5.74) is -0.835. The average Bonchev–Trinajstić information content (AvgIpc) is 3.10. The number of alkyl halides is 3. The lowest BCUT2D eigenvalue weighted by molar-refractivity contribution is -0.192. The Morgan fingerprint density at radius 2 is 1.96 bits per heavy atom. The number of β-amino-alcohol motifs (C(OH)–C–C–N with tert-alkyl or cyclic N) is 1. The molecule has 0 aromatic carbocycles. The van der Waals surface area contributed by atoms with E-state index in [9.17, 15) is 23.1 Å². The predicted molar refractivity (Wildman–Crippen MR) is 88.2 cm³/mol. The molecule has 2 saturated heterocycles. The number of amides is 1. The van der Waals surface area contributed by atoms with Crippen molar-refractivity contribution in [2.75, 3.05) is 39.9 Å². The molecule has 2 fully saturated rings. The lowest BCUT2D eigenvalue weighted by Crippen LogP contribution is -2.40. The fraction of sp³-hybridized carbons (Fsp3) is 0.875. The summed E-state index contributed by atoms with van der Waals surface area (Å²) in [5, 5.41) is 19.5. The third kappa shape index (κ3) is 8.41. The van der Waals surface area contributed by atoms with Gasteiger partial charge in [0, 0.05) is 33.1 Å². The summed E-state index contributed by atoms with van der Waals surface area (Å²) in [7, 11) is 1.60. The number of halogens is 3. The number of carbonyl (C=O) groups is 2. The first kappa shape index (κ1) is 23.6. The molecular formula is C16H27F3N2O6. The Labute approximate surface area is 155 Å². The van der Waals surface area contributed by atoms with E-state index in [-0.39, 0.29) is 24.2 Å². The average molecular weight is 400 g/mol. The molecule has 27 heavy (non-hydrogen) atoms. The molecule has 0 aliphatic carbocycles. The van der Waals surface area contributed by atoms with Crippen molar-refractivity contribution < 1.29 is 42.4 Å². The summed E-state index contributed by atoms with van der Waals surface area (Å²) in [6.45, 7) is 6.71. The number of rotatable bonds is 5. The van der Waals surface area contributed by atoms with Gasteiger partial charge in [0.1, 0.15) is 6.61 Å². The van der Waals surface area contributed by atoms with Gasteiger partial charge in [0.2, 0.25) is 5.91 Å². The highest BCUT2D eigenvalue weighted by Crippen LogP contribution is 2.36. The van der Waals surface area contributed by atoms with E-state index in [2.05, 4.69) is 10.2 Å². The fourth-order valence-corrected chi connectivity index (χ4v) is 3.07. The largest absolute Gasteiger partial charge is 0.490 e. The molecule has 158 valence electrons. The minimum absolute atomic E-state index is 0.00520. The molecule has 8 nitrogen and oxygen atoms in total. The second kappa shape index (κ2) is 9.18. The molecule has 2 unspecified atom stereocenters. The van der Waals surface area contributed by atoms with Crippen LogP contribution in [0.25, 0.3) is 0 Å². The first-order valence-corrected chi connectivity index (χ1v) is 8.47. The number of hydrogen-bond donors (Lipinski definition) is 3. The van der Waals surface area contributed by atoms with Crippen LogP contribution in [0.2, 0.25) is 0 Å². The predicted octanol–water partition coefficient (Wildman–Crippen LogP) is 0.387. The van der Waals surface area contributed by atoms with Gasteiger partial charge in [-0.25, -0.2) is 4.79 Å². The van der Waals surface area contributed by atoms with Crippen LogP contribution >= 0.6 is 0 Å². The number of nitrogens with one attached hydrogen (secondary N) is 1. The van der Waals surface area contributed by atoms with Crippen LogP contribution in [0.15, 0.2) is 0 Å². The van der Waals surface area contributed by atoms with Crippen LogP contribution in [0.4, 0.5) is 13.2 Å². The second-order valence-corrected chi connectivity index (χ2v) is 7.38. The van der Waals surface area contributed by atoms with Gasteiger partial charge in [-0.2, -0.15) is 13.2 Å². The Kier molecular flexibility index (Phi) is 8.02. The van der Waals surface area contributed by atoms with Crippen LogP contribution in [0.1, 0.15) is 26.7 Å². The van der Waals surface area contributed by atoms with Crippen molar-refractivity contribution in [3.8, 4) is 0 Å². The zero-order valence-corrected chi connectivity index (χ0v) is 15.6. The number of nitrogens with zero attached hydrogens (tertiary/aromatic N) is 1. The summed E-state index contributed by atoms with van der Waals surface area (Å²) >= 11 is 0. The van der Waals surface area contributed by atoms with Crippen molar-refractivity contribution in [2.24, 2.45) is 0 Å². The van der Waals surface area contributed by atoms with E-state index in [1.807, 2.05) is 13.8 Å². The molecular weight excluding hydrogens is 373 g/mol. The van der Waals surface area contributed by atoms with Crippen LogP contribution in [0.3, 0.4) is 0 Å². The highest BCUT2D eigenvalue weighted by Gasteiger charge is 2.46. The third-order valence-corrected chi connectivity index (χ3v) is 4.15. The Morgan fingerprint density at radius 3 is 2.44 bits per heavy atom. The van der Waals surface area contributed by atoms with E-state index in [0.717, 1.165) is 25.9 Å². The van der Waals surface area contributed by atoms with Gasteiger partial charge in [-0.3, -0.25) is 9.69 Å². The molecule has 1 amide bonds. The van der Waals surface area contributed by atoms with Crippen LogP contribution in [-0.4, -0.2) is 90.4 Å². The van der Waals surface area contributed by atoms with Gasteiger partial charge in [0.25, 0.3) is 0 Å². The van der Waals surface area contributed by atoms with Gasteiger partial charge < -0.3 is 25.0 Å². The van der Waals surface area contributed by atoms with Crippen molar-refractivity contribution in [3.05, 3.63) is 0 Å². The highest BCUT2D eigenvalue weighted by atomic mass is 19.4. The van der Waals surface area contributed by atoms with E-state index in [1.54, 1.807) is 7.05 Å². The van der Waals surface area contributed by atoms with Gasteiger partial charge in [-0.15, -0.1) is 0 Å².